The Bertz CT molecular complexity index is 1180. The molecule has 1 unspecified atom stereocenters. The topological polar surface area (TPSA) is 67.9 Å². The number of rotatable bonds is 11. The van der Waals surface area contributed by atoms with E-state index in [0.29, 0.717) is 22.9 Å². The predicted molar refractivity (Wildman–Crippen MR) is 149 cm³/mol. The van der Waals surface area contributed by atoms with Crippen LogP contribution in [0.25, 0.3) is 0 Å². The molecule has 200 valence electrons. The van der Waals surface area contributed by atoms with Gasteiger partial charge in [-0.25, -0.2) is 0 Å². The number of methoxy groups -OCH3 is 1. The zero-order valence-electron chi connectivity index (χ0n) is 21.8. The van der Waals surface area contributed by atoms with Gasteiger partial charge in [-0.05, 0) is 60.4 Å². The number of benzene rings is 3. The number of carbonyl (C=O) groups excluding carboxylic acids is 2. The standard InChI is InChI=1S/C31H35ClN2O4/c1-37-28-14-8-11-24(19-28)21-34(30(35)22-38-27-17-15-25(32)16-18-27)29(20-23-9-4-2-5-10-23)31(36)33-26-12-6-3-7-13-26/h2,4-5,8-11,14-19,26,29H,3,6-7,12-13,20-22H2,1H3,(H,33,36). The SMILES string of the molecule is COc1cccc(CN(C(=O)COc2ccc(Cl)cc2)C(Cc2ccccc2)C(=O)NC2CCCCC2)c1. The van der Waals surface area contributed by atoms with Gasteiger partial charge in [0.2, 0.25) is 5.91 Å². The third-order valence-corrected chi connectivity index (χ3v) is 7.14. The van der Waals surface area contributed by atoms with Crippen LogP contribution in [0.3, 0.4) is 0 Å². The highest BCUT2D eigenvalue weighted by atomic mass is 35.5. The van der Waals surface area contributed by atoms with E-state index >= 15 is 0 Å². The van der Waals surface area contributed by atoms with Crippen molar-refractivity contribution in [3.8, 4) is 11.5 Å². The molecule has 38 heavy (non-hydrogen) atoms. The first-order valence-electron chi connectivity index (χ1n) is 13.2. The van der Waals surface area contributed by atoms with Crippen molar-refractivity contribution in [1.29, 1.82) is 0 Å². The monoisotopic (exact) mass is 534 g/mol. The van der Waals surface area contributed by atoms with E-state index in [1.165, 1.54) is 6.42 Å². The number of nitrogens with one attached hydrogen (secondary N) is 1. The predicted octanol–water partition coefficient (Wildman–Crippen LogP) is 5.82. The van der Waals surface area contributed by atoms with E-state index in [0.717, 1.165) is 36.8 Å². The molecule has 1 fully saturated rings. The number of ether oxygens (including phenoxy) is 2. The normalized spacial score (nSPS) is 14.4. The molecule has 1 aliphatic rings. The Hall–Kier alpha value is -3.51. The van der Waals surface area contributed by atoms with E-state index in [9.17, 15) is 9.59 Å². The van der Waals surface area contributed by atoms with Crippen LogP contribution in [0.15, 0.2) is 78.9 Å². The molecule has 3 aromatic rings. The Morgan fingerprint density at radius 1 is 0.921 bits per heavy atom. The number of hydrogen-bond donors (Lipinski definition) is 1. The fourth-order valence-corrected chi connectivity index (χ4v) is 4.95. The molecule has 1 N–H and O–H groups in total. The Balaban J connectivity index is 1.61. The molecular weight excluding hydrogens is 500 g/mol. The van der Waals surface area contributed by atoms with Crippen LogP contribution in [0.1, 0.15) is 43.2 Å². The number of halogens is 1. The molecule has 0 spiro atoms. The van der Waals surface area contributed by atoms with Crippen molar-refractivity contribution in [3.63, 3.8) is 0 Å². The molecule has 1 atom stereocenters. The van der Waals surface area contributed by atoms with E-state index in [1.807, 2.05) is 54.6 Å². The average Bonchev–Trinajstić information content (AvgIpc) is 2.95. The van der Waals surface area contributed by atoms with E-state index in [2.05, 4.69) is 5.32 Å². The van der Waals surface area contributed by atoms with Gasteiger partial charge in [-0.2, -0.15) is 0 Å². The molecule has 0 bridgehead atoms. The maximum absolute atomic E-state index is 13.8. The lowest BCUT2D eigenvalue weighted by Gasteiger charge is -2.33. The molecule has 3 aromatic carbocycles. The van der Waals surface area contributed by atoms with Gasteiger partial charge in [-0.3, -0.25) is 9.59 Å². The summed E-state index contributed by atoms with van der Waals surface area (Å²) in [6.07, 6.45) is 5.74. The summed E-state index contributed by atoms with van der Waals surface area (Å²) < 4.78 is 11.2. The summed E-state index contributed by atoms with van der Waals surface area (Å²) in [5, 5.41) is 3.84. The van der Waals surface area contributed by atoms with Gasteiger partial charge in [-0.1, -0.05) is 73.3 Å². The summed E-state index contributed by atoms with van der Waals surface area (Å²) in [4.78, 5) is 29.2. The Labute approximate surface area is 229 Å². The van der Waals surface area contributed by atoms with E-state index in [4.69, 9.17) is 21.1 Å². The highest BCUT2D eigenvalue weighted by Crippen LogP contribution is 2.22. The highest BCUT2D eigenvalue weighted by molar-refractivity contribution is 6.30. The van der Waals surface area contributed by atoms with Crippen molar-refractivity contribution in [2.45, 2.75) is 57.2 Å². The van der Waals surface area contributed by atoms with Crippen LogP contribution in [-0.2, 0) is 22.6 Å². The van der Waals surface area contributed by atoms with Crippen molar-refractivity contribution in [3.05, 3.63) is 95.0 Å². The van der Waals surface area contributed by atoms with Gasteiger partial charge in [0, 0.05) is 24.0 Å². The molecule has 0 radical (unpaired) electrons. The third kappa shape index (κ3) is 7.99. The minimum atomic E-state index is -0.702. The van der Waals surface area contributed by atoms with Gasteiger partial charge in [-0.15, -0.1) is 0 Å². The molecule has 2 amide bonds. The molecule has 0 aromatic heterocycles. The largest absolute Gasteiger partial charge is 0.497 e. The lowest BCUT2D eigenvalue weighted by Crippen LogP contribution is -2.53. The summed E-state index contributed by atoms with van der Waals surface area (Å²) >= 11 is 5.99. The highest BCUT2D eigenvalue weighted by Gasteiger charge is 2.32. The number of hydrogen-bond acceptors (Lipinski definition) is 4. The zero-order chi connectivity index (χ0) is 26.7. The fourth-order valence-electron chi connectivity index (χ4n) is 4.82. The molecule has 4 rings (SSSR count). The van der Waals surface area contributed by atoms with Crippen LogP contribution in [0.5, 0.6) is 11.5 Å². The summed E-state index contributed by atoms with van der Waals surface area (Å²) in [6, 6.07) is 23.7. The lowest BCUT2D eigenvalue weighted by molar-refractivity contribution is -0.143. The second-order valence-corrected chi connectivity index (χ2v) is 10.1. The quantitative estimate of drug-likeness (QED) is 0.337. The van der Waals surface area contributed by atoms with Gasteiger partial charge >= 0.3 is 0 Å². The molecule has 7 heteroatoms. The van der Waals surface area contributed by atoms with Gasteiger partial charge in [0.25, 0.3) is 5.91 Å². The van der Waals surface area contributed by atoms with Crippen LogP contribution >= 0.6 is 11.6 Å². The second-order valence-electron chi connectivity index (χ2n) is 9.66. The van der Waals surface area contributed by atoms with Gasteiger partial charge in [0.15, 0.2) is 6.61 Å². The molecule has 0 saturated heterocycles. The molecular formula is C31H35ClN2O4. The first-order chi connectivity index (χ1) is 18.5. The molecule has 0 aliphatic heterocycles. The average molecular weight is 535 g/mol. The lowest BCUT2D eigenvalue weighted by atomic mass is 9.94. The van der Waals surface area contributed by atoms with Gasteiger partial charge < -0.3 is 19.7 Å². The summed E-state index contributed by atoms with van der Waals surface area (Å²) in [5.41, 5.74) is 1.85. The van der Waals surface area contributed by atoms with Gasteiger partial charge in [0.1, 0.15) is 17.5 Å². The second kappa shape index (κ2) is 13.9. The molecule has 1 saturated carbocycles. The summed E-state index contributed by atoms with van der Waals surface area (Å²) in [5.74, 6) is 0.819. The van der Waals surface area contributed by atoms with E-state index < -0.39 is 6.04 Å². The molecule has 6 nitrogen and oxygen atoms in total. The number of amides is 2. The Morgan fingerprint density at radius 2 is 1.63 bits per heavy atom. The van der Waals surface area contributed by atoms with Crippen molar-refractivity contribution in [2.24, 2.45) is 0 Å². The summed E-state index contributed by atoms with van der Waals surface area (Å²) in [7, 11) is 1.61. The smallest absolute Gasteiger partial charge is 0.261 e. The first kappa shape index (κ1) is 27.5. The van der Waals surface area contributed by atoms with Crippen LogP contribution < -0.4 is 14.8 Å². The Kier molecular flexibility index (Phi) is 10.0. The van der Waals surface area contributed by atoms with E-state index in [-0.39, 0.29) is 31.0 Å². The molecule has 1 aliphatic carbocycles. The van der Waals surface area contributed by atoms with Crippen LogP contribution in [0.4, 0.5) is 0 Å². The van der Waals surface area contributed by atoms with Crippen molar-refractivity contribution in [1.82, 2.24) is 10.2 Å². The van der Waals surface area contributed by atoms with E-state index in [1.54, 1.807) is 36.3 Å². The maximum atomic E-state index is 13.8. The van der Waals surface area contributed by atoms with Crippen LogP contribution in [0.2, 0.25) is 5.02 Å². The van der Waals surface area contributed by atoms with Crippen LogP contribution in [0, 0.1) is 0 Å². The van der Waals surface area contributed by atoms with Gasteiger partial charge in [0.05, 0.1) is 7.11 Å². The van der Waals surface area contributed by atoms with Crippen molar-refractivity contribution < 1.29 is 19.1 Å². The number of carbonyl (C=O) groups is 2. The fraction of sp³-hybridized carbons (Fsp3) is 0.355. The first-order valence-corrected chi connectivity index (χ1v) is 13.5. The molecule has 0 heterocycles. The Morgan fingerprint density at radius 3 is 2.34 bits per heavy atom. The third-order valence-electron chi connectivity index (χ3n) is 6.89. The zero-order valence-corrected chi connectivity index (χ0v) is 22.5. The van der Waals surface area contributed by atoms with Crippen molar-refractivity contribution in [2.75, 3.05) is 13.7 Å². The maximum Gasteiger partial charge on any atom is 0.261 e. The minimum absolute atomic E-state index is 0.133. The van der Waals surface area contributed by atoms with Crippen LogP contribution in [-0.4, -0.2) is 42.5 Å². The summed E-state index contributed by atoms with van der Waals surface area (Å²) in [6.45, 7) is 0.0448. The minimum Gasteiger partial charge on any atom is -0.497 e. The van der Waals surface area contributed by atoms with Crippen molar-refractivity contribution >= 4 is 23.4 Å². The number of nitrogens with zero attached hydrogens (tertiary/aromatic N) is 1.